The maximum Gasteiger partial charge on any atom is 0.0874 e. The molecule has 28 heavy (non-hydrogen) atoms. The van der Waals surface area contributed by atoms with Gasteiger partial charge in [-0.15, -0.1) is 0 Å². The van der Waals surface area contributed by atoms with Crippen molar-refractivity contribution in [1.29, 1.82) is 5.26 Å². The molecule has 0 amide bonds. The highest BCUT2D eigenvalue weighted by atomic mass is 32.2. The summed E-state index contributed by atoms with van der Waals surface area (Å²) in [7, 11) is -1.33. The van der Waals surface area contributed by atoms with E-state index in [2.05, 4.69) is 25.1 Å². The van der Waals surface area contributed by atoms with Crippen molar-refractivity contribution in [1.82, 2.24) is 0 Å². The van der Waals surface area contributed by atoms with Gasteiger partial charge in [0, 0.05) is 9.79 Å². The van der Waals surface area contributed by atoms with E-state index in [0.29, 0.717) is 6.42 Å². The van der Waals surface area contributed by atoms with Gasteiger partial charge in [-0.3, -0.25) is 0 Å². The number of hydrogen-bond donors (Lipinski definition) is 0. The summed E-state index contributed by atoms with van der Waals surface area (Å²) in [5.74, 6) is 0. The minimum Gasteiger partial charge on any atom is -0.249 e. The van der Waals surface area contributed by atoms with Crippen LogP contribution in [0.15, 0.2) is 88.7 Å². The summed E-state index contributed by atoms with van der Waals surface area (Å²) in [6, 6.07) is 28.2. The Hall–Kier alpha value is -2.70. The average molecular weight is 388 g/mol. The Bertz CT molecular complexity index is 989. The predicted octanol–water partition coefficient (Wildman–Crippen LogP) is 5.97. The monoisotopic (exact) mass is 387 g/mol. The lowest BCUT2D eigenvalue weighted by Gasteiger charge is -2.29. The summed E-state index contributed by atoms with van der Waals surface area (Å²) in [6.07, 6.45) is 2.21. The van der Waals surface area contributed by atoms with E-state index in [1.165, 1.54) is 0 Å². The Labute approximate surface area is 170 Å². The van der Waals surface area contributed by atoms with Crippen molar-refractivity contribution >= 4 is 10.8 Å². The van der Waals surface area contributed by atoms with Gasteiger partial charge in [0.15, 0.2) is 0 Å². The zero-order valence-corrected chi connectivity index (χ0v) is 17.2. The molecule has 0 bridgehead atoms. The van der Waals surface area contributed by atoms with E-state index in [-0.39, 0.29) is 0 Å². The standard InChI is InChI=1S/C25H25NOS/c1-3-17-25(19-26,18-21-9-5-4-6-10-21)23-11-7-8-12-24(23)28(27)22-15-13-20(2)14-16-22/h4-16H,3,17-18H2,1-2H3/t25-,28?/m1/s1. The van der Waals surface area contributed by atoms with Crippen molar-refractivity contribution in [3.05, 3.63) is 95.6 Å². The first-order valence-corrected chi connectivity index (χ1v) is 10.8. The molecule has 0 saturated heterocycles. The first kappa shape index (κ1) is 20.0. The summed E-state index contributed by atoms with van der Waals surface area (Å²) in [5, 5.41) is 10.3. The van der Waals surface area contributed by atoms with Crippen molar-refractivity contribution in [2.24, 2.45) is 0 Å². The number of hydrogen-bond acceptors (Lipinski definition) is 2. The van der Waals surface area contributed by atoms with Gasteiger partial charge < -0.3 is 0 Å². The van der Waals surface area contributed by atoms with Crippen LogP contribution in [0.2, 0.25) is 0 Å². The molecule has 0 aliphatic carbocycles. The molecule has 3 aromatic rings. The second-order valence-corrected chi connectivity index (χ2v) is 8.63. The topological polar surface area (TPSA) is 40.9 Å². The van der Waals surface area contributed by atoms with Crippen molar-refractivity contribution in [2.45, 2.75) is 48.3 Å². The Morgan fingerprint density at radius 2 is 1.57 bits per heavy atom. The molecule has 0 N–H and O–H groups in total. The third-order valence-corrected chi connectivity index (χ3v) is 6.53. The molecule has 0 heterocycles. The number of nitriles is 1. The van der Waals surface area contributed by atoms with Gasteiger partial charge >= 0.3 is 0 Å². The molecule has 0 spiro atoms. The molecule has 0 fully saturated rings. The molecule has 0 aliphatic heterocycles. The fourth-order valence-electron chi connectivity index (χ4n) is 3.66. The lowest BCUT2D eigenvalue weighted by molar-refractivity contribution is 0.483. The summed E-state index contributed by atoms with van der Waals surface area (Å²) in [6.45, 7) is 4.11. The Morgan fingerprint density at radius 3 is 2.21 bits per heavy atom. The zero-order valence-electron chi connectivity index (χ0n) is 16.4. The van der Waals surface area contributed by atoms with Crippen LogP contribution in [0.25, 0.3) is 0 Å². The molecule has 0 radical (unpaired) electrons. The van der Waals surface area contributed by atoms with Crippen LogP contribution in [-0.4, -0.2) is 4.21 Å². The van der Waals surface area contributed by atoms with Crippen molar-refractivity contribution in [3.8, 4) is 6.07 Å². The second-order valence-electron chi connectivity index (χ2n) is 7.18. The predicted molar refractivity (Wildman–Crippen MR) is 115 cm³/mol. The van der Waals surface area contributed by atoms with Gasteiger partial charge in [0.05, 0.1) is 22.3 Å². The van der Waals surface area contributed by atoms with Gasteiger partial charge in [-0.2, -0.15) is 5.26 Å². The second kappa shape index (κ2) is 8.99. The van der Waals surface area contributed by atoms with E-state index < -0.39 is 16.2 Å². The molecule has 2 atom stereocenters. The van der Waals surface area contributed by atoms with Crippen LogP contribution < -0.4 is 0 Å². The zero-order chi connectivity index (χ0) is 20.0. The SMILES string of the molecule is CCC[C@](C#N)(Cc1ccccc1)c1ccccc1S(=O)c1ccc(C)cc1. The van der Waals surface area contributed by atoms with Crippen molar-refractivity contribution in [2.75, 3.05) is 0 Å². The Kier molecular flexibility index (Phi) is 6.44. The average Bonchev–Trinajstić information content (AvgIpc) is 2.74. The number of benzene rings is 3. The number of rotatable bonds is 7. The van der Waals surface area contributed by atoms with Gasteiger partial charge in [0.2, 0.25) is 0 Å². The minimum absolute atomic E-state index is 0.611. The van der Waals surface area contributed by atoms with Gasteiger partial charge in [-0.25, -0.2) is 4.21 Å². The van der Waals surface area contributed by atoms with Crippen molar-refractivity contribution in [3.63, 3.8) is 0 Å². The third kappa shape index (κ3) is 4.24. The fraction of sp³-hybridized carbons (Fsp3) is 0.240. The Balaban J connectivity index is 2.10. The van der Waals surface area contributed by atoms with E-state index in [1.54, 1.807) is 0 Å². The van der Waals surface area contributed by atoms with E-state index in [1.807, 2.05) is 73.7 Å². The molecule has 3 aromatic carbocycles. The van der Waals surface area contributed by atoms with Crippen LogP contribution in [0.4, 0.5) is 0 Å². The van der Waals surface area contributed by atoms with Crippen LogP contribution in [0.3, 0.4) is 0 Å². The first-order chi connectivity index (χ1) is 13.6. The molecule has 2 nitrogen and oxygen atoms in total. The van der Waals surface area contributed by atoms with Crippen LogP contribution >= 0.6 is 0 Å². The number of nitrogens with zero attached hydrogens (tertiary/aromatic N) is 1. The highest BCUT2D eigenvalue weighted by molar-refractivity contribution is 7.85. The minimum atomic E-state index is -1.33. The fourth-order valence-corrected chi connectivity index (χ4v) is 4.96. The summed E-state index contributed by atoms with van der Waals surface area (Å²) < 4.78 is 13.4. The van der Waals surface area contributed by atoms with Crippen LogP contribution in [0.5, 0.6) is 0 Å². The maximum absolute atomic E-state index is 13.4. The third-order valence-electron chi connectivity index (χ3n) is 5.08. The molecular formula is C25H25NOS. The summed E-state index contributed by atoms with van der Waals surface area (Å²) in [5.41, 5.74) is 2.43. The van der Waals surface area contributed by atoms with Crippen LogP contribution in [0.1, 0.15) is 36.5 Å². The molecule has 0 saturated carbocycles. The quantitative estimate of drug-likeness (QED) is 0.501. The van der Waals surface area contributed by atoms with E-state index in [0.717, 1.165) is 39.3 Å². The van der Waals surface area contributed by atoms with Crippen molar-refractivity contribution < 1.29 is 4.21 Å². The van der Waals surface area contributed by atoms with Gasteiger partial charge in [-0.1, -0.05) is 79.6 Å². The van der Waals surface area contributed by atoms with E-state index in [4.69, 9.17) is 0 Å². The highest BCUT2D eigenvalue weighted by Gasteiger charge is 2.35. The van der Waals surface area contributed by atoms with Crippen LogP contribution in [0, 0.1) is 18.3 Å². The smallest absolute Gasteiger partial charge is 0.0874 e. The Morgan fingerprint density at radius 1 is 0.929 bits per heavy atom. The lowest BCUT2D eigenvalue weighted by Crippen LogP contribution is -2.28. The van der Waals surface area contributed by atoms with Gasteiger partial charge in [-0.05, 0) is 49.1 Å². The largest absolute Gasteiger partial charge is 0.249 e. The molecular weight excluding hydrogens is 362 g/mol. The first-order valence-electron chi connectivity index (χ1n) is 9.63. The molecule has 0 aliphatic rings. The lowest BCUT2D eigenvalue weighted by atomic mass is 9.73. The molecule has 3 heteroatoms. The van der Waals surface area contributed by atoms with E-state index in [9.17, 15) is 9.47 Å². The normalized spacial score (nSPS) is 14.0. The summed E-state index contributed by atoms with van der Waals surface area (Å²) in [4.78, 5) is 1.50. The maximum atomic E-state index is 13.4. The van der Waals surface area contributed by atoms with E-state index >= 15 is 0 Å². The highest BCUT2D eigenvalue weighted by Crippen LogP contribution is 2.37. The van der Waals surface area contributed by atoms with Crippen LogP contribution in [-0.2, 0) is 22.6 Å². The number of aryl methyl sites for hydroxylation is 1. The van der Waals surface area contributed by atoms with Gasteiger partial charge in [0.25, 0.3) is 0 Å². The molecule has 3 rings (SSSR count). The molecule has 1 unspecified atom stereocenters. The molecule has 0 aromatic heterocycles. The summed E-state index contributed by atoms with van der Waals surface area (Å²) >= 11 is 0. The van der Waals surface area contributed by atoms with Gasteiger partial charge in [0.1, 0.15) is 0 Å². The molecule has 142 valence electrons.